The molecule has 0 fully saturated rings. The van der Waals surface area contributed by atoms with E-state index >= 15 is 0 Å². The minimum Gasteiger partial charge on any atom is -0.490 e. The number of nitrogens with one attached hydrogen (secondary N) is 4. The van der Waals surface area contributed by atoms with Gasteiger partial charge in [0.2, 0.25) is 11.8 Å². The Labute approximate surface area is 200 Å². The molecule has 2 aromatic carbocycles. The van der Waals surface area contributed by atoms with Gasteiger partial charge in [0, 0.05) is 24.9 Å². The monoisotopic (exact) mass is 520 g/mol. The standard InChI is InChI=1S/C22H25BrN4O4S/c1-14(2)31-18-9-8-16(12-17(18)23)21(30)25-22(32)27-26-20(29)11-10-19(28)24-13-15-6-4-3-5-7-15/h3-9,12,14H,10-11,13H2,1-2H3,(H,24,28)(H,26,29)(H2,25,27,30,32). The second kappa shape index (κ2) is 12.8. The number of rotatable bonds is 8. The van der Waals surface area contributed by atoms with Crippen molar-refractivity contribution in [2.75, 3.05) is 0 Å². The molecule has 32 heavy (non-hydrogen) atoms. The smallest absolute Gasteiger partial charge is 0.257 e. The summed E-state index contributed by atoms with van der Waals surface area (Å²) in [6.45, 7) is 4.21. The van der Waals surface area contributed by atoms with E-state index in [1.807, 2.05) is 44.2 Å². The number of halogens is 1. The van der Waals surface area contributed by atoms with Crippen molar-refractivity contribution in [3.05, 3.63) is 64.1 Å². The maximum atomic E-state index is 12.3. The Hall–Kier alpha value is -2.98. The van der Waals surface area contributed by atoms with E-state index in [0.717, 1.165) is 5.56 Å². The molecule has 0 aromatic heterocycles. The van der Waals surface area contributed by atoms with Gasteiger partial charge in [0.25, 0.3) is 5.91 Å². The third-order valence-electron chi connectivity index (χ3n) is 4.01. The molecular weight excluding hydrogens is 496 g/mol. The van der Waals surface area contributed by atoms with Crippen molar-refractivity contribution in [3.63, 3.8) is 0 Å². The molecule has 0 spiro atoms. The molecule has 8 nitrogen and oxygen atoms in total. The molecule has 0 heterocycles. The zero-order valence-corrected chi connectivity index (χ0v) is 20.1. The van der Waals surface area contributed by atoms with Gasteiger partial charge < -0.3 is 10.1 Å². The number of hydrazine groups is 1. The number of carbonyl (C=O) groups excluding carboxylic acids is 3. The van der Waals surface area contributed by atoms with E-state index in [1.165, 1.54) is 0 Å². The normalized spacial score (nSPS) is 10.2. The van der Waals surface area contributed by atoms with Gasteiger partial charge in [0.05, 0.1) is 10.6 Å². The summed E-state index contributed by atoms with van der Waals surface area (Å²) in [7, 11) is 0. The van der Waals surface area contributed by atoms with Crippen LogP contribution in [0, 0.1) is 0 Å². The van der Waals surface area contributed by atoms with Crippen LogP contribution in [-0.4, -0.2) is 28.9 Å². The predicted octanol–water partition coefficient (Wildman–Crippen LogP) is 2.97. The highest BCUT2D eigenvalue weighted by atomic mass is 79.9. The lowest BCUT2D eigenvalue weighted by Crippen LogP contribution is -2.48. The van der Waals surface area contributed by atoms with Gasteiger partial charge in [0.15, 0.2) is 5.11 Å². The fraction of sp³-hybridized carbons (Fsp3) is 0.273. The Morgan fingerprint density at radius 1 is 1.00 bits per heavy atom. The maximum absolute atomic E-state index is 12.3. The molecule has 2 rings (SSSR count). The van der Waals surface area contributed by atoms with E-state index < -0.39 is 11.8 Å². The van der Waals surface area contributed by atoms with Crippen LogP contribution in [0.1, 0.15) is 42.6 Å². The molecule has 0 radical (unpaired) electrons. The van der Waals surface area contributed by atoms with Crippen LogP contribution < -0.4 is 26.2 Å². The Bertz CT molecular complexity index is 970. The van der Waals surface area contributed by atoms with Crippen molar-refractivity contribution >= 4 is 51.0 Å². The topological polar surface area (TPSA) is 109 Å². The molecule has 0 aliphatic rings. The molecular formula is C22H25BrN4O4S. The minimum absolute atomic E-state index is 0.00121. The average Bonchev–Trinajstić information content (AvgIpc) is 2.76. The average molecular weight is 521 g/mol. The minimum atomic E-state index is -0.450. The Kier molecular flexibility index (Phi) is 10.1. The molecule has 3 amide bonds. The van der Waals surface area contributed by atoms with E-state index in [1.54, 1.807) is 18.2 Å². The molecule has 0 aliphatic carbocycles. The van der Waals surface area contributed by atoms with Gasteiger partial charge in [-0.25, -0.2) is 0 Å². The molecule has 0 bridgehead atoms. The van der Waals surface area contributed by atoms with Crippen LogP contribution in [0.3, 0.4) is 0 Å². The van der Waals surface area contributed by atoms with Crippen LogP contribution in [0.25, 0.3) is 0 Å². The summed E-state index contributed by atoms with van der Waals surface area (Å²) >= 11 is 8.39. The molecule has 0 aliphatic heterocycles. The van der Waals surface area contributed by atoms with Gasteiger partial charge in [0.1, 0.15) is 5.75 Å². The SMILES string of the molecule is CC(C)Oc1ccc(C(=O)NC(=S)NNC(=O)CCC(=O)NCc2ccccc2)cc1Br. The lowest BCUT2D eigenvalue weighted by Gasteiger charge is -2.13. The predicted molar refractivity (Wildman–Crippen MR) is 129 cm³/mol. The van der Waals surface area contributed by atoms with E-state index in [9.17, 15) is 14.4 Å². The highest BCUT2D eigenvalue weighted by Crippen LogP contribution is 2.26. The number of carbonyl (C=O) groups is 3. The summed E-state index contributed by atoms with van der Waals surface area (Å²) in [6, 6.07) is 14.4. The van der Waals surface area contributed by atoms with Crippen LogP contribution in [-0.2, 0) is 16.1 Å². The van der Waals surface area contributed by atoms with Crippen LogP contribution in [0.4, 0.5) is 0 Å². The third kappa shape index (κ3) is 9.03. The Balaban J connectivity index is 1.69. The van der Waals surface area contributed by atoms with Gasteiger partial charge in [-0.05, 0) is 65.8 Å². The van der Waals surface area contributed by atoms with Crippen LogP contribution in [0.5, 0.6) is 5.75 Å². The summed E-state index contributed by atoms with van der Waals surface area (Å²) in [5.41, 5.74) is 6.14. The fourth-order valence-electron chi connectivity index (χ4n) is 2.50. The summed E-state index contributed by atoms with van der Waals surface area (Å²) in [4.78, 5) is 36.1. The first-order valence-corrected chi connectivity index (χ1v) is 11.1. The van der Waals surface area contributed by atoms with Gasteiger partial charge in [-0.2, -0.15) is 0 Å². The molecule has 170 valence electrons. The highest BCUT2D eigenvalue weighted by Gasteiger charge is 2.12. The van der Waals surface area contributed by atoms with Crippen molar-refractivity contribution in [2.24, 2.45) is 0 Å². The fourth-order valence-corrected chi connectivity index (χ4v) is 3.12. The summed E-state index contributed by atoms with van der Waals surface area (Å²) in [5.74, 6) is -0.504. The van der Waals surface area contributed by atoms with Gasteiger partial charge in [-0.3, -0.25) is 30.6 Å². The summed E-state index contributed by atoms with van der Waals surface area (Å²) in [6.07, 6.45) is -0.00600. The van der Waals surface area contributed by atoms with Gasteiger partial charge >= 0.3 is 0 Å². The van der Waals surface area contributed by atoms with Crippen LogP contribution >= 0.6 is 28.1 Å². The number of hydrogen-bond acceptors (Lipinski definition) is 5. The van der Waals surface area contributed by atoms with Gasteiger partial charge in [-0.1, -0.05) is 30.3 Å². The molecule has 4 N–H and O–H groups in total. The van der Waals surface area contributed by atoms with E-state index in [2.05, 4.69) is 37.4 Å². The second-order valence-electron chi connectivity index (χ2n) is 7.03. The number of ether oxygens (including phenoxy) is 1. The number of hydrogen-bond donors (Lipinski definition) is 4. The first kappa shape index (κ1) is 25.3. The van der Waals surface area contributed by atoms with Crippen molar-refractivity contribution in [1.82, 2.24) is 21.5 Å². The zero-order valence-electron chi connectivity index (χ0n) is 17.7. The molecule has 2 aromatic rings. The Morgan fingerprint density at radius 3 is 2.34 bits per heavy atom. The van der Waals surface area contributed by atoms with Crippen molar-refractivity contribution < 1.29 is 19.1 Å². The van der Waals surface area contributed by atoms with Crippen molar-refractivity contribution in [3.8, 4) is 5.75 Å². The maximum Gasteiger partial charge on any atom is 0.257 e. The molecule has 0 unspecified atom stereocenters. The zero-order chi connectivity index (χ0) is 23.5. The highest BCUT2D eigenvalue weighted by molar-refractivity contribution is 9.10. The number of benzene rings is 2. The molecule has 0 atom stereocenters. The summed E-state index contributed by atoms with van der Waals surface area (Å²) in [5, 5.41) is 5.14. The van der Waals surface area contributed by atoms with Crippen molar-refractivity contribution in [1.29, 1.82) is 0 Å². The summed E-state index contributed by atoms with van der Waals surface area (Å²) < 4.78 is 6.25. The first-order chi connectivity index (χ1) is 15.2. The van der Waals surface area contributed by atoms with Crippen LogP contribution in [0.2, 0.25) is 0 Å². The quantitative estimate of drug-likeness (QED) is 0.314. The van der Waals surface area contributed by atoms with Gasteiger partial charge in [-0.15, -0.1) is 0 Å². The lowest BCUT2D eigenvalue weighted by atomic mass is 10.2. The Morgan fingerprint density at radius 2 is 1.69 bits per heavy atom. The number of amides is 3. The van der Waals surface area contributed by atoms with Crippen molar-refractivity contribution in [2.45, 2.75) is 39.3 Å². The number of thiocarbonyl (C=S) groups is 1. The largest absolute Gasteiger partial charge is 0.490 e. The first-order valence-electron chi connectivity index (χ1n) is 9.91. The molecule has 10 heteroatoms. The van der Waals surface area contributed by atoms with E-state index in [0.29, 0.717) is 22.3 Å². The van der Waals surface area contributed by atoms with E-state index in [4.69, 9.17) is 17.0 Å². The molecule has 0 saturated carbocycles. The van der Waals surface area contributed by atoms with Crippen LogP contribution in [0.15, 0.2) is 53.0 Å². The lowest BCUT2D eigenvalue weighted by molar-refractivity contribution is -0.126. The third-order valence-corrected chi connectivity index (χ3v) is 4.83. The second-order valence-corrected chi connectivity index (χ2v) is 8.29. The molecule has 0 saturated heterocycles. The van der Waals surface area contributed by atoms with E-state index in [-0.39, 0.29) is 30.0 Å².